The number of anilines is 3. The molecule has 2 aromatic carbocycles. The van der Waals surface area contributed by atoms with Gasteiger partial charge in [-0.05, 0) is 43.7 Å². The molecule has 0 aliphatic carbocycles. The van der Waals surface area contributed by atoms with Crippen molar-refractivity contribution >= 4 is 38.1 Å². The number of para-hydroxylation sites is 1. The van der Waals surface area contributed by atoms with Gasteiger partial charge in [0, 0.05) is 17.9 Å². The number of benzene rings is 2. The van der Waals surface area contributed by atoms with E-state index < -0.39 is 0 Å². The van der Waals surface area contributed by atoms with Crippen LogP contribution in [-0.4, -0.2) is 11.5 Å². The maximum absolute atomic E-state index is 5.84. The van der Waals surface area contributed by atoms with Crippen molar-refractivity contribution in [3.63, 3.8) is 0 Å². The van der Waals surface area contributed by atoms with Crippen molar-refractivity contribution in [2.24, 2.45) is 0 Å². The predicted molar refractivity (Wildman–Crippen MR) is 87.9 cm³/mol. The van der Waals surface area contributed by atoms with E-state index in [0.717, 1.165) is 27.6 Å². The number of hydrogen-bond acceptors (Lipinski definition) is 4. The monoisotopic (exact) mass is 283 g/mol. The first-order chi connectivity index (χ1) is 9.69. The summed E-state index contributed by atoms with van der Waals surface area (Å²) >= 11 is 1.68. The third-order valence-corrected chi connectivity index (χ3v) is 4.40. The summed E-state index contributed by atoms with van der Waals surface area (Å²) in [6.07, 6.45) is 0. The molecule has 0 radical (unpaired) electrons. The van der Waals surface area contributed by atoms with Crippen LogP contribution in [0.25, 0.3) is 10.2 Å². The van der Waals surface area contributed by atoms with Crippen LogP contribution in [0, 0.1) is 6.92 Å². The summed E-state index contributed by atoms with van der Waals surface area (Å²) in [7, 11) is 0. The number of nitrogens with zero attached hydrogens (tertiary/aromatic N) is 2. The average Bonchev–Trinajstić information content (AvgIpc) is 2.84. The van der Waals surface area contributed by atoms with Crippen molar-refractivity contribution in [1.29, 1.82) is 0 Å². The second kappa shape index (κ2) is 5.13. The second-order valence-corrected chi connectivity index (χ2v) is 5.76. The normalized spacial score (nSPS) is 10.9. The highest BCUT2D eigenvalue weighted by molar-refractivity contribution is 7.22. The minimum absolute atomic E-state index is 0.784. The van der Waals surface area contributed by atoms with E-state index in [1.54, 1.807) is 11.3 Å². The molecule has 0 amide bonds. The van der Waals surface area contributed by atoms with E-state index >= 15 is 0 Å². The lowest BCUT2D eigenvalue weighted by atomic mass is 10.2. The van der Waals surface area contributed by atoms with Crippen LogP contribution in [0.4, 0.5) is 16.5 Å². The Morgan fingerprint density at radius 1 is 1.20 bits per heavy atom. The minimum atomic E-state index is 0.784. The summed E-state index contributed by atoms with van der Waals surface area (Å²) in [6.45, 7) is 5.16. The van der Waals surface area contributed by atoms with Gasteiger partial charge >= 0.3 is 0 Å². The van der Waals surface area contributed by atoms with Crippen LogP contribution >= 0.6 is 11.3 Å². The summed E-state index contributed by atoms with van der Waals surface area (Å²) in [6, 6.07) is 14.3. The molecule has 0 unspecified atom stereocenters. The van der Waals surface area contributed by atoms with E-state index in [1.807, 2.05) is 18.2 Å². The van der Waals surface area contributed by atoms with Gasteiger partial charge in [0.05, 0.1) is 10.2 Å². The molecule has 3 aromatic rings. The van der Waals surface area contributed by atoms with Crippen molar-refractivity contribution < 1.29 is 0 Å². The third-order valence-electron chi connectivity index (χ3n) is 3.35. The fourth-order valence-corrected chi connectivity index (χ4v) is 3.41. The van der Waals surface area contributed by atoms with Gasteiger partial charge in [0.1, 0.15) is 0 Å². The molecule has 3 nitrogen and oxygen atoms in total. The summed E-state index contributed by atoms with van der Waals surface area (Å²) in [5, 5.41) is 1.02. The highest BCUT2D eigenvalue weighted by Gasteiger charge is 2.14. The number of hydrogen-bond donors (Lipinski definition) is 1. The first-order valence-electron chi connectivity index (χ1n) is 6.68. The fourth-order valence-electron chi connectivity index (χ4n) is 2.32. The summed E-state index contributed by atoms with van der Waals surface area (Å²) in [4.78, 5) is 6.98. The fraction of sp³-hybridized carbons (Fsp3) is 0.188. The molecule has 1 heterocycles. The van der Waals surface area contributed by atoms with E-state index in [2.05, 4.69) is 43.0 Å². The molecule has 0 fully saturated rings. The molecule has 102 valence electrons. The lowest BCUT2D eigenvalue weighted by Gasteiger charge is -2.21. The Morgan fingerprint density at radius 2 is 2.00 bits per heavy atom. The Hall–Kier alpha value is -2.07. The molecule has 0 saturated carbocycles. The van der Waals surface area contributed by atoms with Gasteiger partial charge < -0.3 is 10.6 Å². The van der Waals surface area contributed by atoms with Gasteiger partial charge in [-0.1, -0.05) is 29.5 Å². The Bertz CT molecular complexity index is 748. The van der Waals surface area contributed by atoms with Gasteiger partial charge in [0.15, 0.2) is 5.13 Å². The van der Waals surface area contributed by atoms with E-state index in [4.69, 9.17) is 10.7 Å². The maximum atomic E-state index is 5.84. The Balaban J connectivity index is 2.10. The number of aryl methyl sites for hydroxylation is 1. The predicted octanol–water partition coefficient (Wildman–Crippen LogP) is 4.34. The van der Waals surface area contributed by atoms with Gasteiger partial charge in [-0.2, -0.15) is 0 Å². The van der Waals surface area contributed by atoms with E-state index in [0.29, 0.717) is 0 Å². The number of fused-ring (bicyclic) bond motifs is 1. The molecule has 20 heavy (non-hydrogen) atoms. The molecule has 0 saturated heterocycles. The summed E-state index contributed by atoms with van der Waals surface area (Å²) < 4.78 is 1.13. The SMILES string of the molecule is CCN(c1nc2ccc(N)cc2s1)c1ccccc1C. The van der Waals surface area contributed by atoms with Gasteiger partial charge in [0.25, 0.3) is 0 Å². The van der Waals surface area contributed by atoms with E-state index in [-0.39, 0.29) is 0 Å². The van der Waals surface area contributed by atoms with Crippen LogP contribution < -0.4 is 10.6 Å². The van der Waals surface area contributed by atoms with Crippen molar-refractivity contribution in [3.8, 4) is 0 Å². The molecule has 0 atom stereocenters. The highest BCUT2D eigenvalue weighted by Crippen LogP contribution is 2.35. The molecule has 0 bridgehead atoms. The molecular formula is C16H17N3S. The van der Waals surface area contributed by atoms with Crippen LogP contribution in [0.2, 0.25) is 0 Å². The minimum Gasteiger partial charge on any atom is -0.399 e. The molecular weight excluding hydrogens is 266 g/mol. The van der Waals surface area contributed by atoms with Gasteiger partial charge in [0.2, 0.25) is 0 Å². The van der Waals surface area contributed by atoms with Crippen LogP contribution in [-0.2, 0) is 0 Å². The first-order valence-corrected chi connectivity index (χ1v) is 7.50. The number of rotatable bonds is 3. The smallest absolute Gasteiger partial charge is 0.190 e. The Morgan fingerprint density at radius 3 is 2.75 bits per heavy atom. The van der Waals surface area contributed by atoms with E-state index in [9.17, 15) is 0 Å². The summed E-state index contributed by atoms with van der Waals surface area (Å²) in [5.74, 6) is 0. The second-order valence-electron chi connectivity index (χ2n) is 4.75. The zero-order valence-corrected chi connectivity index (χ0v) is 12.4. The number of nitrogen functional groups attached to an aromatic ring is 1. The molecule has 4 heteroatoms. The molecule has 3 rings (SSSR count). The highest BCUT2D eigenvalue weighted by atomic mass is 32.1. The quantitative estimate of drug-likeness (QED) is 0.727. The first kappa shape index (κ1) is 12.9. The van der Waals surface area contributed by atoms with Crippen molar-refractivity contribution in [2.45, 2.75) is 13.8 Å². The van der Waals surface area contributed by atoms with Crippen LogP contribution in [0.15, 0.2) is 42.5 Å². The Labute approximate surface area is 122 Å². The molecule has 2 N–H and O–H groups in total. The number of nitrogens with two attached hydrogens (primary N) is 1. The number of aromatic nitrogens is 1. The topological polar surface area (TPSA) is 42.2 Å². The average molecular weight is 283 g/mol. The largest absolute Gasteiger partial charge is 0.399 e. The van der Waals surface area contributed by atoms with Gasteiger partial charge in [-0.3, -0.25) is 0 Å². The summed E-state index contributed by atoms with van der Waals surface area (Å²) in [5.41, 5.74) is 10.1. The lowest BCUT2D eigenvalue weighted by Crippen LogP contribution is -2.16. The maximum Gasteiger partial charge on any atom is 0.190 e. The van der Waals surface area contributed by atoms with Gasteiger partial charge in [-0.25, -0.2) is 4.98 Å². The lowest BCUT2D eigenvalue weighted by molar-refractivity contribution is 1.01. The zero-order valence-electron chi connectivity index (χ0n) is 11.6. The molecule has 0 aliphatic rings. The van der Waals surface area contributed by atoms with Crippen LogP contribution in [0.5, 0.6) is 0 Å². The molecule has 0 aliphatic heterocycles. The van der Waals surface area contributed by atoms with Crippen molar-refractivity contribution in [2.75, 3.05) is 17.2 Å². The standard InChI is InChI=1S/C16H17N3S/c1-3-19(14-7-5-4-6-11(14)2)16-18-13-9-8-12(17)10-15(13)20-16/h4-10H,3,17H2,1-2H3. The van der Waals surface area contributed by atoms with Crippen molar-refractivity contribution in [1.82, 2.24) is 4.98 Å². The molecule has 0 spiro atoms. The third kappa shape index (κ3) is 2.23. The zero-order chi connectivity index (χ0) is 14.1. The Kier molecular flexibility index (Phi) is 3.32. The number of thiazole rings is 1. The van der Waals surface area contributed by atoms with Crippen LogP contribution in [0.3, 0.4) is 0 Å². The van der Waals surface area contributed by atoms with Crippen molar-refractivity contribution in [3.05, 3.63) is 48.0 Å². The van der Waals surface area contributed by atoms with Crippen LogP contribution in [0.1, 0.15) is 12.5 Å². The van der Waals surface area contributed by atoms with E-state index in [1.165, 1.54) is 11.3 Å². The van der Waals surface area contributed by atoms with Gasteiger partial charge in [-0.15, -0.1) is 0 Å². The molecule has 1 aromatic heterocycles.